The van der Waals surface area contributed by atoms with Crippen molar-refractivity contribution in [2.24, 2.45) is 0 Å². The zero-order valence-electron chi connectivity index (χ0n) is 7.41. The predicted octanol–water partition coefficient (Wildman–Crippen LogP) is 2.74. The molecule has 0 atom stereocenters. The van der Waals surface area contributed by atoms with E-state index in [0.717, 1.165) is 5.50 Å². The van der Waals surface area contributed by atoms with Gasteiger partial charge in [0.1, 0.15) is 0 Å². The minimum atomic E-state index is -0.00525. The van der Waals surface area contributed by atoms with E-state index in [1.807, 2.05) is 0 Å². The van der Waals surface area contributed by atoms with Gasteiger partial charge in [-0.3, -0.25) is 0 Å². The van der Waals surface area contributed by atoms with Gasteiger partial charge in [0.05, 0.1) is 0 Å². The molecule has 0 rings (SSSR count). The standard InChI is InChI=1S/C8H19ClSi/c1-4-5-6-8(2,3)10-7-9/h4-7,10H2,1-3H3. The van der Waals surface area contributed by atoms with Gasteiger partial charge in [-0.2, -0.15) is 0 Å². The summed E-state index contributed by atoms with van der Waals surface area (Å²) in [5.74, 6) is 0. The van der Waals surface area contributed by atoms with Crippen LogP contribution in [0.3, 0.4) is 0 Å². The van der Waals surface area contributed by atoms with Crippen LogP contribution < -0.4 is 0 Å². The van der Waals surface area contributed by atoms with Crippen molar-refractivity contribution in [1.82, 2.24) is 0 Å². The fourth-order valence-corrected chi connectivity index (χ4v) is 3.58. The number of hydrogen-bond acceptors (Lipinski definition) is 0. The molecule has 0 bridgehead atoms. The van der Waals surface area contributed by atoms with E-state index in [-0.39, 0.29) is 9.52 Å². The molecule has 0 fully saturated rings. The Morgan fingerprint density at radius 2 is 2.00 bits per heavy atom. The number of halogens is 1. The summed E-state index contributed by atoms with van der Waals surface area (Å²) in [4.78, 5) is 0. The molecule has 10 heavy (non-hydrogen) atoms. The van der Waals surface area contributed by atoms with E-state index in [9.17, 15) is 0 Å². The molecule has 0 amide bonds. The zero-order chi connectivity index (χ0) is 8.04. The summed E-state index contributed by atoms with van der Waals surface area (Å²) in [5.41, 5.74) is 0.941. The molecule has 0 heterocycles. The van der Waals surface area contributed by atoms with E-state index in [1.165, 1.54) is 19.3 Å². The molecule has 0 aliphatic heterocycles. The molecular formula is C8H19ClSi. The largest absolute Gasteiger partial charge is 0.131 e. The first-order chi connectivity index (χ1) is 4.62. The molecule has 0 aliphatic carbocycles. The smallest absolute Gasteiger partial charge is 0.0440 e. The van der Waals surface area contributed by atoms with Crippen LogP contribution in [0.1, 0.15) is 40.0 Å². The van der Waals surface area contributed by atoms with Crippen molar-refractivity contribution >= 4 is 21.1 Å². The average Bonchev–Trinajstić information content (AvgIpc) is 1.84. The van der Waals surface area contributed by atoms with Crippen molar-refractivity contribution in [1.29, 1.82) is 0 Å². The van der Waals surface area contributed by atoms with E-state index in [0.29, 0.717) is 5.04 Å². The van der Waals surface area contributed by atoms with Gasteiger partial charge in [-0.05, 0) is 5.04 Å². The Hall–Kier alpha value is 0.507. The van der Waals surface area contributed by atoms with Crippen molar-refractivity contribution in [3.05, 3.63) is 0 Å². The lowest BCUT2D eigenvalue weighted by Gasteiger charge is -2.22. The monoisotopic (exact) mass is 178 g/mol. The van der Waals surface area contributed by atoms with Gasteiger partial charge >= 0.3 is 0 Å². The number of hydrogen-bond donors (Lipinski definition) is 0. The summed E-state index contributed by atoms with van der Waals surface area (Å²) < 4.78 is 0. The molecule has 0 spiro atoms. The van der Waals surface area contributed by atoms with E-state index in [4.69, 9.17) is 11.6 Å². The molecule has 0 saturated heterocycles. The predicted molar refractivity (Wildman–Crippen MR) is 52.8 cm³/mol. The minimum Gasteiger partial charge on any atom is -0.131 e. The van der Waals surface area contributed by atoms with Crippen molar-refractivity contribution in [3.8, 4) is 0 Å². The van der Waals surface area contributed by atoms with E-state index >= 15 is 0 Å². The molecule has 2 heteroatoms. The normalized spacial score (nSPS) is 13.2. The van der Waals surface area contributed by atoms with Gasteiger partial charge in [0, 0.05) is 15.0 Å². The van der Waals surface area contributed by atoms with Crippen molar-refractivity contribution < 1.29 is 0 Å². The van der Waals surface area contributed by atoms with Crippen LogP contribution in [0.15, 0.2) is 0 Å². The van der Waals surface area contributed by atoms with E-state index in [2.05, 4.69) is 20.8 Å². The molecule has 0 nitrogen and oxygen atoms in total. The van der Waals surface area contributed by atoms with Gasteiger partial charge in [0.15, 0.2) is 0 Å². The third-order valence-electron chi connectivity index (χ3n) is 1.98. The van der Waals surface area contributed by atoms with Gasteiger partial charge < -0.3 is 0 Å². The number of alkyl halides is 1. The third kappa shape index (κ3) is 5.30. The summed E-state index contributed by atoms with van der Waals surface area (Å²) in [6.07, 6.45) is 4.07. The molecule has 0 unspecified atom stereocenters. The SMILES string of the molecule is CCCCC(C)(C)[SiH2]CCl. The van der Waals surface area contributed by atoms with Crippen LogP contribution in [0.2, 0.25) is 5.04 Å². The third-order valence-corrected chi connectivity index (χ3v) is 4.44. The maximum Gasteiger partial charge on any atom is 0.0440 e. The summed E-state index contributed by atoms with van der Waals surface area (Å²) in [6.45, 7) is 6.97. The highest BCUT2D eigenvalue weighted by Gasteiger charge is 2.15. The second-order valence-electron chi connectivity index (χ2n) is 3.71. The van der Waals surface area contributed by atoms with Crippen LogP contribution in [0.4, 0.5) is 0 Å². The first-order valence-corrected chi connectivity index (χ1v) is 6.42. The fourth-order valence-electron chi connectivity index (χ4n) is 1.04. The molecule has 0 aromatic heterocycles. The lowest BCUT2D eigenvalue weighted by atomic mass is 10.1. The highest BCUT2D eigenvalue weighted by atomic mass is 35.5. The lowest BCUT2D eigenvalue weighted by molar-refractivity contribution is 0.565. The van der Waals surface area contributed by atoms with E-state index in [1.54, 1.807) is 0 Å². The maximum absolute atomic E-state index is 5.73. The second-order valence-corrected chi connectivity index (χ2v) is 7.63. The molecule has 0 aromatic carbocycles. The van der Waals surface area contributed by atoms with Crippen molar-refractivity contribution in [3.63, 3.8) is 0 Å². The molecule has 0 N–H and O–H groups in total. The highest BCUT2D eigenvalue weighted by molar-refractivity contribution is 6.52. The van der Waals surface area contributed by atoms with E-state index < -0.39 is 0 Å². The second kappa shape index (κ2) is 5.20. The summed E-state index contributed by atoms with van der Waals surface area (Å²) in [5, 5.41) is 0.609. The molecule has 0 aliphatic rings. The molecule has 62 valence electrons. The van der Waals surface area contributed by atoms with Gasteiger partial charge in [-0.1, -0.05) is 40.0 Å². The summed E-state index contributed by atoms with van der Waals surface area (Å²) in [7, 11) is -0.00525. The topological polar surface area (TPSA) is 0 Å². The van der Waals surface area contributed by atoms with Crippen LogP contribution in [0.5, 0.6) is 0 Å². The fraction of sp³-hybridized carbons (Fsp3) is 1.00. The van der Waals surface area contributed by atoms with Crippen molar-refractivity contribution in [2.75, 3.05) is 5.50 Å². The number of rotatable bonds is 5. The Bertz CT molecular complexity index is 81.3. The van der Waals surface area contributed by atoms with Crippen LogP contribution in [-0.2, 0) is 0 Å². The van der Waals surface area contributed by atoms with Gasteiger partial charge in [-0.15, -0.1) is 11.6 Å². The first-order valence-electron chi connectivity index (χ1n) is 4.18. The number of unbranched alkanes of at least 4 members (excludes halogenated alkanes) is 1. The van der Waals surface area contributed by atoms with Crippen molar-refractivity contribution in [2.45, 2.75) is 45.1 Å². The average molecular weight is 179 g/mol. The summed E-state index contributed by atoms with van der Waals surface area (Å²) in [6, 6.07) is 0. The van der Waals surface area contributed by atoms with Gasteiger partial charge in [0.25, 0.3) is 0 Å². The van der Waals surface area contributed by atoms with Crippen LogP contribution in [0.25, 0.3) is 0 Å². The lowest BCUT2D eigenvalue weighted by Crippen LogP contribution is -2.14. The minimum absolute atomic E-state index is 0.00525. The van der Waals surface area contributed by atoms with Gasteiger partial charge in [-0.25, -0.2) is 0 Å². The summed E-state index contributed by atoms with van der Waals surface area (Å²) >= 11 is 5.73. The molecule has 0 saturated carbocycles. The Balaban J connectivity index is 3.42. The quantitative estimate of drug-likeness (QED) is 0.449. The highest BCUT2D eigenvalue weighted by Crippen LogP contribution is 2.29. The maximum atomic E-state index is 5.73. The van der Waals surface area contributed by atoms with Gasteiger partial charge in [0.2, 0.25) is 0 Å². The molecular weight excluding hydrogens is 160 g/mol. The Morgan fingerprint density at radius 1 is 1.40 bits per heavy atom. The first kappa shape index (κ1) is 10.5. The Labute approximate surface area is 72.2 Å². The van der Waals surface area contributed by atoms with Crippen LogP contribution in [-0.4, -0.2) is 15.0 Å². The molecule has 0 aromatic rings. The Kier molecular flexibility index (Phi) is 5.46. The van der Waals surface area contributed by atoms with Crippen LogP contribution in [0, 0.1) is 0 Å². The zero-order valence-corrected chi connectivity index (χ0v) is 9.58. The molecule has 0 radical (unpaired) electrons. The Morgan fingerprint density at radius 3 is 2.40 bits per heavy atom. The van der Waals surface area contributed by atoms with Crippen LogP contribution >= 0.6 is 11.6 Å².